The maximum absolute atomic E-state index is 13.6. The minimum atomic E-state index is -3.98. The van der Waals surface area contributed by atoms with Gasteiger partial charge in [0.25, 0.3) is 0 Å². The summed E-state index contributed by atoms with van der Waals surface area (Å²) in [5, 5.41) is 3.01. The Hall–Kier alpha value is -1.05. The number of likely N-dealkylation sites (N-methyl/N-ethyl adjacent to an activating group) is 1. The van der Waals surface area contributed by atoms with Crippen LogP contribution in [-0.4, -0.2) is 38.9 Å². The molecule has 1 aliphatic rings. The fourth-order valence-corrected chi connectivity index (χ4v) is 3.82. The van der Waals surface area contributed by atoms with Crippen LogP contribution in [0.1, 0.15) is 12.8 Å². The maximum Gasteiger partial charge on any atom is 0.246 e. The number of benzene rings is 1. The zero-order valence-corrected chi connectivity index (χ0v) is 11.4. The molecule has 19 heavy (non-hydrogen) atoms. The van der Waals surface area contributed by atoms with E-state index in [-0.39, 0.29) is 12.6 Å². The summed E-state index contributed by atoms with van der Waals surface area (Å²) in [5.41, 5.74) is 0. The second-order valence-corrected chi connectivity index (χ2v) is 6.45. The van der Waals surface area contributed by atoms with Crippen LogP contribution in [0.15, 0.2) is 23.1 Å². The first-order chi connectivity index (χ1) is 8.96. The summed E-state index contributed by atoms with van der Waals surface area (Å²) in [4.78, 5) is -0.593. The summed E-state index contributed by atoms with van der Waals surface area (Å²) in [6, 6.07) is 3.24. The summed E-state index contributed by atoms with van der Waals surface area (Å²) < 4.78 is 52.6. The highest BCUT2D eigenvalue weighted by molar-refractivity contribution is 7.89. The molecule has 1 aliphatic heterocycles. The van der Waals surface area contributed by atoms with Crippen LogP contribution < -0.4 is 5.32 Å². The van der Waals surface area contributed by atoms with E-state index < -0.39 is 26.6 Å². The van der Waals surface area contributed by atoms with E-state index in [4.69, 9.17) is 0 Å². The summed E-state index contributed by atoms with van der Waals surface area (Å²) in [7, 11) is -2.23. The van der Waals surface area contributed by atoms with Crippen molar-refractivity contribution in [2.45, 2.75) is 23.8 Å². The van der Waals surface area contributed by atoms with E-state index in [1.54, 1.807) is 7.05 Å². The number of piperidine rings is 1. The molecule has 1 atom stereocenters. The summed E-state index contributed by atoms with van der Waals surface area (Å²) in [5.74, 6) is -2.46. The SMILES string of the molecule is CNC1CCCN(S(=O)(=O)c2cccc(F)c2F)C1. The monoisotopic (exact) mass is 290 g/mol. The highest BCUT2D eigenvalue weighted by atomic mass is 32.2. The van der Waals surface area contributed by atoms with E-state index in [9.17, 15) is 17.2 Å². The molecule has 0 saturated carbocycles. The summed E-state index contributed by atoms with van der Waals surface area (Å²) in [6.07, 6.45) is 1.57. The lowest BCUT2D eigenvalue weighted by molar-refractivity contribution is 0.291. The molecule has 1 fully saturated rings. The molecule has 1 N–H and O–H groups in total. The highest BCUT2D eigenvalue weighted by Crippen LogP contribution is 2.24. The maximum atomic E-state index is 13.6. The Balaban J connectivity index is 2.34. The predicted octanol–water partition coefficient (Wildman–Crippen LogP) is 1.34. The van der Waals surface area contributed by atoms with Crippen LogP contribution in [0.3, 0.4) is 0 Å². The largest absolute Gasteiger partial charge is 0.316 e. The Kier molecular flexibility index (Phi) is 4.17. The van der Waals surface area contributed by atoms with Crippen LogP contribution in [-0.2, 0) is 10.0 Å². The van der Waals surface area contributed by atoms with Crippen molar-refractivity contribution in [3.05, 3.63) is 29.8 Å². The molecular formula is C12H16F2N2O2S. The van der Waals surface area contributed by atoms with E-state index >= 15 is 0 Å². The number of hydrogen-bond donors (Lipinski definition) is 1. The van der Waals surface area contributed by atoms with Gasteiger partial charge in [-0.1, -0.05) is 6.07 Å². The molecule has 0 bridgehead atoms. The molecule has 1 heterocycles. The van der Waals surface area contributed by atoms with E-state index in [0.717, 1.165) is 18.6 Å². The lowest BCUT2D eigenvalue weighted by Crippen LogP contribution is -2.47. The fraction of sp³-hybridized carbons (Fsp3) is 0.500. The van der Waals surface area contributed by atoms with Gasteiger partial charge >= 0.3 is 0 Å². The first kappa shape index (κ1) is 14.4. The Morgan fingerprint density at radius 3 is 2.79 bits per heavy atom. The number of halogens is 2. The van der Waals surface area contributed by atoms with Gasteiger partial charge in [0, 0.05) is 19.1 Å². The third kappa shape index (κ3) is 2.77. The topological polar surface area (TPSA) is 49.4 Å². The number of rotatable bonds is 3. The molecule has 0 radical (unpaired) electrons. The van der Waals surface area contributed by atoms with Crippen molar-refractivity contribution >= 4 is 10.0 Å². The van der Waals surface area contributed by atoms with Crippen molar-refractivity contribution in [2.75, 3.05) is 20.1 Å². The van der Waals surface area contributed by atoms with Gasteiger partial charge in [0.2, 0.25) is 10.0 Å². The van der Waals surface area contributed by atoms with E-state index in [2.05, 4.69) is 5.32 Å². The predicted molar refractivity (Wildman–Crippen MR) is 67.2 cm³/mol. The lowest BCUT2D eigenvalue weighted by Gasteiger charge is -2.31. The minimum Gasteiger partial charge on any atom is -0.316 e. The Morgan fingerprint density at radius 2 is 2.11 bits per heavy atom. The van der Waals surface area contributed by atoms with Gasteiger partial charge in [0.05, 0.1) is 0 Å². The third-order valence-corrected chi connectivity index (χ3v) is 5.21. The molecule has 106 valence electrons. The van der Waals surface area contributed by atoms with Crippen LogP contribution in [0.5, 0.6) is 0 Å². The van der Waals surface area contributed by atoms with Crippen LogP contribution in [0.2, 0.25) is 0 Å². The fourth-order valence-electron chi connectivity index (χ4n) is 2.22. The molecule has 0 aromatic heterocycles. The van der Waals surface area contributed by atoms with Crippen LogP contribution >= 0.6 is 0 Å². The van der Waals surface area contributed by atoms with E-state index in [1.165, 1.54) is 10.4 Å². The molecule has 0 spiro atoms. The van der Waals surface area contributed by atoms with Crippen molar-refractivity contribution in [3.63, 3.8) is 0 Å². The average Bonchev–Trinajstić information content (AvgIpc) is 2.41. The van der Waals surface area contributed by atoms with Crippen molar-refractivity contribution in [3.8, 4) is 0 Å². The van der Waals surface area contributed by atoms with E-state index in [0.29, 0.717) is 13.0 Å². The molecule has 4 nitrogen and oxygen atoms in total. The standard InChI is InChI=1S/C12H16F2N2O2S/c1-15-9-4-3-7-16(8-9)19(17,18)11-6-2-5-10(13)12(11)14/h2,5-6,9,15H,3-4,7-8H2,1H3. The van der Waals surface area contributed by atoms with Crippen molar-refractivity contribution in [2.24, 2.45) is 0 Å². The first-order valence-electron chi connectivity index (χ1n) is 6.08. The van der Waals surface area contributed by atoms with Crippen molar-refractivity contribution in [1.29, 1.82) is 0 Å². The molecule has 1 aromatic carbocycles. The minimum absolute atomic E-state index is 0.0418. The van der Waals surface area contributed by atoms with Gasteiger partial charge in [-0.15, -0.1) is 0 Å². The van der Waals surface area contributed by atoms with Gasteiger partial charge in [0.15, 0.2) is 11.6 Å². The van der Waals surface area contributed by atoms with Crippen LogP contribution in [0.25, 0.3) is 0 Å². The van der Waals surface area contributed by atoms with Crippen LogP contribution in [0, 0.1) is 11.6 Å². The van der Waals surface area contributed by atoms with Crippen LogP contribution in [0.4, 0.5) is 8.78 Å². The molecule has 7 heteroatoms. The van der Waals surface area contributed by atoms with Crippen molar-refractivity contribution < 1.29 is 17.2 Å². The molecular weight excluding hydrogens is 274 g/mol. The normalized spacial score (nSPS) is 21.5. The molecule has 0 aliphatic carbocycles. The van der Waals surface area contributed by atoms with Gasteiger partial charge in [-0.3, -0.25) is 0 Å². The molecule has 2 rings (SSSR count). The average molecular weight is 290 g/mol. The zero-order chi connectivity index (χ0) is 14.0. The Bertz CT molecular complexity index is 563. The van der Waals surface area contributed by atoms with Gasteiger partial charge in [0.1, 0.15) is 4.90 Å². The number of sulfonamides is 1. The quantitative estimate of drug-likeness (QED) is 0.914. The molecule has 0 amide bonds. The number of nitrogens with zero attached hydrogens (tertiary/aromatic N) is 1. The van der Waals surface area contributed by atoms with Gasteiger partial charge in [-0.25, -0.2) is 17.2 Å². The highest BCUT2D eigenvalue weighted by Gasteiger charge is 2.32. The molecule has 1 unspecified atom stereocenters. The Labute approximate surface area is 111 Å². The summed E-state index contributed by atoms with van der Waals surface area (Å²) in [6.45, 7) is 0.602. The second kappa shape index (κ2) is 5.52. The molecule has 1 aromatic rings. The van der Waals surface area contributed by atoms with Gasteiger partial charge in [-0.05, 0) is 32.0 Å². The zero-order valence-electron chi connectivity index (χ0n) is 10.6. The summed E-state index contributed by atoms with van der Waals surface area (Å²) >= 11 is 0. The number of hydrogen-bond acceptors (Lipinski definition) is 3. The second-order valence-electron chi connectivity index (χ2n) is 4.54. The first-order valence-corrected chi connectivity index (χ1v) is 7.52. The van der Waals surface area contributed by atoms with Gasteiger partial charge < -0.3 is 5.32 Å². The van der Waals surface area contributed by atoms with Crippen molar-refractivity contribution in [1.82, 2.24) is 9.62 Å². The Morgan fingerprint density at radius 1 is 1.37 bits per heavy atom. The van der Waals surface area contributed by atoms with Gasteiger partial charge in [-0.2, -0.15) is 4.31 Å². The lowest BCUT2D eigenvalue weighted by atomic mass is 10.1. The molecule has 1 saturated heterocycles. The third-order valence-electron chi connectivity index (χ3n) is 3.33. The number of nitrogens with one attached hydrogen (secondary N) is 1. The smallest absolute Gasteiger partial charge is 0.246 e. The van der Waals surface area contributed by atoms with E-state index in [1.807, 2.05) is 0 Å².